The number of hydrogen-bond donors (Lipinski definition) is 1. The summed E-state index contributed by atoms with van der Waals surface area (Å²) in [7, 11) is 0. The van der Waals surface area contributed by atoms with Gasteiger partial charge in [0.2, 0.25) is 0 Å². The maximum Gasteiger partial charge on any atom is 0.129 e. The molecule has 0 bridgehead atoms. The van der Waals surface area contributed by atoms with E-state index in [2.05, 4.69) is 0 Å². The van der Waals surface area contributed by atoms with Crippen LogP contribution in [0.2, 0.25) is 10.0 Å². The van der Waals surface area contributed by atoms with E-state index in [1.807, 2.05) is 0 Å². The Bertz CT molecular complexity index is 582. The maximum atomic E-state index is 13.5. The third-order valence-electron chi connectivity index (χ3n) is 2.79. The minimum atomic E-state index is -1.05. The van der Waals surface area contributed by atoms with E-state index < -0.39 is 17.7 Å². The normalized spacial score (nSPS) is 12.5. The molecule has 0 aliphatic carbocycles. The topological polar surface area (TPSA) is 20.2 Å². The molecule has 0 heterocycles. The van der Waals surface area contributed by atoms with E-state index in [9.17, 15) is 13.9 Å². The van der Waals surface area contributed by atoms with Crippen molar-refractivity contribution in [1.29, 1.82) is 0 Å². The van der Waals surface area contributed by atoms with Gasteiger partial charge in [0.1, 0.15) is 11.6 Å². The molecule has 0 aliphatic heterocycles. The van der Waals surface area contributed by atoms with Crippen molar-refractivity contribution in [3.8, 4) is 0 Å². The van der Waals surface area contributed by atoms with Crippen LogP contribution in [0, 0.1) is 11.6 Å². The van der Waals surface area contributed by atoms with Crippen LogP contribution >= 0.6 is 23.2 Å². The molecule has 0 spiro atoms. The fourth-order valence-corrected chi connectivity index (χ4v) is 2.06. The summed E-state index contributed by atoms with van der Waals surface area (Å²) in [4.78, 5) is 0. The number of benzene rings is 2. The molecule has 1 atom stereocenters. The van der Waals surface area contributed by atoms with Crippen molar-refractivity contribution in [2.75, 3.05) is 0 Å². The zero-order chi connectivity index (χ0) is 14.0. The van der Waals surface area contributed by atoms with Gasteiger partial charge >= 0.3 is 0 Å². The second kappa shape index (κ2) is 5.87. The molecule has 0 fully saturated rings. The number of aliphatic hydroxyl groups is 1. The van der Waals surface area contributed by atoms with Gasteiger partial charge in [0.15, 0.2) is 0 Å². The van der Waals surface area contributed by atoms with Gasteiger partial charge in [0.05, 0.1) is 16.1 Å². The summed E-state index contributed by atoms with van der Waals surface area (Å²) in [5.74, 6) is -1.36. The second-order valence-electron chi connectivity index (χ2n) is 4.09. The summed E-state index contributed by atoms with van der Waals surface area (Å²) in [6.45, 7) is 0. The summed E-state index contributed by atoms with van der Waals surface area (Å²) in [5.41, 5.74) is 0.304. The fourth-order valence-electron chi connectivity index (χ4n) is 1.76. The number of hydrogen-bond acceptors (Lipinski definition) is 1. The lowest BCUT2D eigenvalue weighted by atomic mass is 10.0. The van der Waals surface area contributed by atoms with Gasteiger partial charge in [-0.25, -0.2) is 8.78 Å². The molecule has 0 aliphatic rings. The summed E-state index contributed by atoms with van der Waals surface area (Å²) >= 11 is 11.6. The highest BCUT2D eigenvalue weighted by atomic mass is 35.5. The van der Waals surface area contributed by atoms with Crippen LogP contribution in [0.4, 0.5) is 8.78 Å². The summed E-state index contributed by atoms with van der Waals surface area (Å²) in [6, 6.07) is 8.16. The quantitative estimate of drug-likeness (QED) is 0.882. The largest absolute Gasteiger partial charge is 0.388 e. The first-order valence-corrected chi connectivity index (χ1v) is 6.30. The van der Waals surface area contributed by atoms with Crippen LogP contribution in [0.15, 0.2) is 36.4 Å². The molecule has 0 radical (unpaired) electrons. The van der Waals surface area contributed by atoms with E-state index in [0.717, 1.165) is 12.1 Å². The van der Waals surface area contributed by atoms with Gasteiger partial charge in [-0.1, -0.05) is 35.3 Å². The van der Waals surface area contributed by atoms with E-state index in [-0.39, 0.29) is 17.0 Å². The second-order valence-corrected chi connectivity index (χ2v) is 4.91. The Morgan fingerprint density at radius 1 is 1.00 bits per heavy atom. The van der Waals surface area contributed by atoms with Crippen molar-refractivity contribution in [3.63, 3.8) is 0 Å². The average molecular weight is 303 g/mol. The average Bonchev–Trinajstić information content (AvgIpc) is 2.37. The molecule has 0 saturated heterocycles. The van der Waals surface area contributed by atoms with Crippen LogP contribution in [0.5, 0.6) is 0 Å². The molecule has 0 aromatic heterocycles. The van der Waals surface area contributed by atoms with E-state index in [4.69, 9.17) is 23.2 Å². The third kappa shape index (κ3) is 3.24. The van der Waals surface area contributed by atoms with Crippen molar-refractivity contribution < 1.29 is 13.9 Å². The predicted molar refractivity (Wildman–Crippen MR) is 71.5 cm³/mol. The van der Waals surface area contributed by atoms with Crippen molar-refractivity contribution in [3.05, 3.63) is 69.2 Å². The van der Waals surface area contributed by atoms with Crippen LogP contribution in [0.1, 0.15) is 17.2 Å². The molecule has 2 rings (SSSR count). The third-order valence-corrected chi connectivity index (χ3v) is 3.53. The highest BCUT2D eigenvalue weighted by Gasteiger charge is 2.16. The highest BCUT2D eigenvalue weighted by Crippen LogP contribution is 2.28. The molecule has 2 aromatic carbocycles. The van der Waals surface area contributed by atoms with Crippen LogP contribution < -0.4 is 0 Å². The number of rotatable bonds is 3. The Morgan fingerprint density at radius 3 is 2.21 bits per heavy atom. The smallest absolute Gasteiger partial charge is 0.129 e. The minimum absolute atomic E-state index is 0.152. The highest BCUT2D eigenvalue weighted by molar-refractivity contribution is 6.42. The van der Waals surface area contributed by atoms with Gasteiger partial charge in [-0.2, -0.15) is 0 Å². The monoisotopic (exact) mass is 302 g/mol. The minimum Gasteiger partial charge on any atom is -0.388 e. The zero-order valence-corrected chi connectivity index (χ0v) is 11.2. The Labute approximate surface area is 119 Å². The molecule has 100 valence electrons. The van der Waals surface area contributed by atoms with E-state index in [1.165, 1.54) is 18.2 Å². The zero-order valence-electron chi connectivity index (χ0n) is 9.71. The lowest BCUT2D eigenvalue weighted by molar-refractivity contribution is 0.175. The SMILES string of the molecule is OC(Cc1c(F)cccc1F)c1ccc(Cl)c(Cl)c1. The van der Waals surface area contributed by atoms with Gasteiger partial charge in [-0.15, -0.1) is 0 Å². The maximum absolute atomic E-state index is 13.5. The van der Waals surface area contributed by atoms with E-state index in [0.29, 0.717) is 10.6 Å². The van der Waals surface area contributed by atoms with Crippen LogP contribution in [-0.4, -0.2) is 5.11 Å². The molecular weight excluding hydrogens is 293 g/mol. The fraction of sp³-hybridized carbons (Fsp3) is 0.143. The predicted octanol–water partition coefficient (Wildman–Crippen LogP) is 4.55. The summed E-state index contributed by atoms with van der Waals surface area (Å²) in [5, 5.41) is 10.6. The van der Waals surface area contributed by atoms with Crippen LogP contribution in [-0.2, 0) is 6.42 Å². The molecule has 19 heavy (non-hydrogen) atoms. The Balaban J connectivity index is 2.25. The van der Waals surface area contributed by atoms with Crippen LogP contribution in [0.25, 0.3) is 0 Å². The first-order valence-electron chi connectivity index (χ1n) is 5.55. The van der Waals surface area contributed by atoms with Gasteiger partial charge in [0.25, 0.3) is 0 Å². The number of halogens is 4. The van der Waals surface area contributed by atoms with Crippen molar-refractivity contribution in [2.24, 2.45) is 0 Å². The first kappa shape index (κ1) is 14.3. The first-order chi connectivity index (χ1) is 8.99. The van der Waals surface area contributed by atoms with E-state index in [1.54, 1.807) is 6.07 Å². The van der Waals surface area contributed by atoms with Gasteiger partial charge in [0, 0.05) is 12.0 Å². The molecule has 5 heteroatoms. The molecule has 2 aromatic rings. The Kier molecular flexibility index (Phi) is 4.40. The lowest BCUT2D eigenvalue weighted by Crippen LogP contribution is -2.05. The molecule has 0 saturated carbocycles. The Hall–Kier alpha value is -1.16. The summed E-state index contributed by atoms with van der Waals surface area (Å²) in [6.07, 6.45) is -1.22. The molecule has 1 unspecified atom stereocenters. The van der Waals surface area contributed by atoms with E-state index >= 15 is 0 Å². The molecular formula is C14H10Cl2F2O. The van der Waals surface area contributed by atoms with Gasteiger partial charge in [-0.3, -0.25) is 0 Å². The van der Waals surface area contributed by atoms with Crippen LogP contribution in [0.3, 0.4) is 0 Å². The van der Waals surface area contributed by atoms with Crippen molar-refractivity contribution in [2.45, 2.75) is 12.5 Å². The van der Waals surface area contributed by atoms with Crippen molar-refractivity contribution >= 4 is 23.2 Å². The molecule has 1 N–H and O–H groups in total. The molecule has 1 nitrogen and oxygen atoms in total. The van der Waals surface area contributed by atoms with Crippen molar-refractivity contribution in [1.82, 2.24) is 0 Å². The Morgan fingerprint density at radius 2 is 1.63 bits per heavy atom. The van der Waals surface area contributed by atoms with Gasteiger partial charge in [-0.05, 0) is 29.8 Å². The van der Waals surface area contributed by atoms with Gasteiger partial charge < -0.3 is 5.11 Å². The standard InChI is InChI=1S/C14H10Cl2F2O/c15-10-5-4-8(6-11(10)16)14(19)7-9-12(17)2-1-3-13(9)18/h1-6,14,19H,7H2. The molecule has 0 amide bonds. The summed E-state index contributed by atoms with van der Waals surface area (Å²) < 4.78 is 26.9. The lowest BCUT2D eigenvalue weighted by Gasteiger charge is -2.13. The number of aliphatic hydroxyl groups excluding tert-OH is 1.